The van der Waals surface area contributed by atoms with Gasteiger partial charge >= 0.3 is 0 Å². The average molecular weight is 397 g/mol. The molecule has 9 heteroatoms. The molecule has 28 heavy (non-hydrogen) atoms. The normalized spacial score (nSPS) is 11.0. The van der Waals surface area contributed by atoms with Crippen LogP contribution in [0.25, 0.3) is 16.9 Å². The fraction of sp³-hybridized carbons (Fsp3) is 0.158. The van der Waals surface area contributed by atoms with Crippen molar-refractivity contribution in [2.24, 2.45) is 7.05 Å². The number of aryl methyl sites for hydroxylation is 1. The molecule has 1 aromatic carbocycles. The van der Waals surface area contributed by atoms with Gasteiger partial charge in [-0.2, -0.15) is 10.2 Å². The Morgan fingerprint density at radius 2 is 2.07 bits per heavy atom. The van der Waals surface area contributed by atoms with Crippen molar-refractivity contribution < 1.29 is 9.53 Å². The molecule has 1 N–H and O–H groups in total. The molecule has 0 unspecified atom stereocenters. The van der Waals surface area contributed by atoms with E-state index in [9.17, 15) is 4.79 Å². The molecular weight excluding hydrogens is 380 g/mol. The van der Waals surface area contributed by atoms with Gasteiger partial charge in [-0.15, -0.1) is 0 Å². The molecule has 4 aromatic rings. The van der Waals surface area contributed by atoms with E-state index >= 15 is 0 Å². The van der Waals surface area contributed by atoms with Gasteiger partial charge in [-0.1, -0.05) is 11.6 Å². The molecular formula is C19H17ClN6O2. The van der Waals surface area contributed by atoms with E-state index in [4.69, 9.17) is 16.3 Å². The number of ether oxygens (including phenoxy) is 1. The van der Waals surface area contributed by atoms with Crippen molar-refractivity contribution in [2.45, 2.75) is 6.92 Å². The van der Waals surface area contributed by atoms with Gasteiger partial charge in [-0.05, 0) is 31.2 Å². The molecule has 1 amide bonds. The van der Waals surface area contributed by atoms with Crippen LogP contribution in [0.1, 0.15) is 16.2 Å². The molecule has 0 saturated heterocycles. The number of fused-ring (bicyclic) bond motifs is 1. The molecule has 0 radical (unpaired) electrons. The number of carbonyl (C=O) groups excluding carboxylic acids is 1. The van der Waals surface area contributed by atoms with E-state index in [0.29, 0.717) is 22.1 Å². The number of carbonyl (C=O) groups is 1. The number of hydrogen-bond acceptors (Lipinski definition) is 5. The fourth-order valence-electron chi connectivity index (χ4n) is 2.90. The number of anilines is 1. The minimum absolute atomic E-state index is 0.244. The summed E-state index contributed by atoms with van der Waals surface area (Å²) < 4.78 is 8.54. The molecule has 0 fully saturated rings. The molecule has 0 aliphatic carbocycles. The first-order valence-electron chi connectivity index (χ1n) is 8.46. The highest BCUT2D eigenvalue weighted by Crippen LogP contribution is 2.27. The second-order valence-corrected chi connectivity index (χ2v) is 6.61. The summed E-state index contributed by atoms with van der Waals surface area (Å²) in [5.41, 5.74) is 4.08. The topological polar surface area (TPSA) is 86.3 Å². The van der Waals surface area contributed by atoms with Gasteiger partial charge in [0, 0.05) is 36.3 Å². The highest BCUT2D eigenvalue weighted by molar-refractivity contribution is 6.32. The van der Waals surface area contributed by atoms with Gasteiger partial charge in [0.15, 0.2) is 11.3 Å². The molecule has 8 nitrogen and oxygen atoms in total. The first kappa shape index (κ1) is 18.0. The van der Waals surface area contributed by atoms with Crippen molar-refractivity contribution >= 4 is 28.8 Å². The summed E-state index contributed by atoms with van der Waals surface area (Å²) in [5.74, 6) is 0.175. The summed E-state index contributed by atoms with van der Waals surface area (Å²) in [7, 11) is 3.41. The fourth-order valence-corrected chi connectivity index (χ4v) is 3.16. The van der Waals surface area contributed by atoms with Gasteiger partial charge in [0.2, 0.25) is 0 Å². The summed E-state index contributed by atoms with van der Waals surface area (Å²) in [4.78, 5) is 17.0. The minimum atomic E-state index is -0.361. The first-order valence-corrected chi connectivity index (χ1v) is 8.84. The van der Waals surface area contributed by atoms with E-state index < -0.39 is 0 Å². The lowest BCUT2D eigenvalue weighted by Crippen LogP contribution is -2.12. The highest BCUT2D eigenvalue weighted by Gasteiger charge is 2.16. The molecule has 0 atom stereocenters. The Morgan fingerprint density at radius 3 is 2.75 bits per heavy atom. The van der Waals surface area contributed by atoms with Gasteiger partial charge in [-0.3, -0.25) is 9.48 Å². The maximum atomic E-state index is 12.7. The molecule has 0 saturated carbocycles. The molecule has 0 aliphatic rings. The molecule has 3 aromatic heterocycles. The van der Waals surface area contributed by atoms with Crippen molar-refractivity contribution in [3.63, 3.8) is 0 Å². The number of amides is 1. The number of hydrogen-bond donors (Lipinski definition) is 1. The summed E-state index contributed by atoms with van der Waals surface area (Å²) in [6, 6.07) is 8.49. The number of rotatable bonds is 4. The maximum Gasteiger partial charge on any atom is 0.276 e. The molecule has 0 bridgehead atoms. The quantitative estimate of drug-likeness (QED) is 0.571. The Balaban J connectivity index is 1.68. The van der Waals surface area contributed by atoms with Crippen LogP contribution < -0.4 is 10.1 Å². The second-order valence-electron chi connectivity index (χ2n) is 6.20. The van der Waals surface area contributed by atoms with Crippen molar-refractivity contribution in [1.82, 2.24) is 24.4 Å². The van der Waals surface area contributed by atoms with Crippen molar-refractivity contribution in [1.29, 1.82) is 0 Å². The van der Waals surface area contributed by atoms with Crippen LogP contribution in [0, 0.1) is 6.92 Å². The highest BCUT2D eigenvalue weighted by atomic mass is 35.5. The number of methoxy groups -OCH3 is 1. The zero-order valence-corrected chi connectivity index (χ0v) is 16.2. The monoisotopic (exact) mass is 396 g/mol. The van der Waals surface area contributed by atoms with Crippen LogP contribution in [0.4, 0.5) is 5.69 Å². The lowest BCUT2D eigenvalue weighted by molar-refractivity contribution is 0.102. The zero-order valence-electron chi connectivity index (χ0n) is 15.5. The van der Waals surface area contributed by atoms with Crippen LogP contribution in [-0.2, 0) is 7.05 Å². The van der Waals surface area contributed by atoms with Crippen LogP contribution in [0.15, 0.2) is 42.7 Å². The standard InChI is InChI=1S/C19H17ClN6O2/c1-11-13(10-22-25(11)2)16-6-7-21-18-9-15(24-26(16)18)19(27)23-12-4-5-17(28-3)14(20)8-12/h4-10H,1-3H3,(H,23,27). The van der Waals surface area contributed by atoms with Crippen LogP contribution >= 0.6 is 11.6 Å². The SMILES string of the molecule is COc1ccc(NC(=O)c2cc3nccc(-c4cnn(C)c4C)n3n2)cc1Cl. The summed E-state index contributed by atoms with van der Waals surface area (Å²) in [6.45, 7) is 1.97. The predicted octanol–water partition coefficient (Wildman–Crippen LogP) is 3.35. The third-order valence-corrected chi connectivity index (χ3v) is 4.81. The van der Waals surface area contributed by atoms with Crippen LogP contribution in [0.5, 0.6) is 5.75 Å². The number of nitrogens with zero attached hydrogens (tertiary/aromatic N) is 5. The lowest BCUT2D eigenvalue weighted by Gasteiger charge is -2.07. The Labute approximate surface area is 165 Å². The zero-order chi connectivity index (χ0) is 19.8. The van der Waals surface area contributed by atoms with Crippen LogP contribution in [0.3, 0.4) is 0 Å². The molecule has 3 heterocycles. The van der Waals surface area contributed by atoms with Gasteiger partial charge in [0.25, 0.3) is 5.91 Å². The minimum Gasteiger partial charge on any atom is -0.495 e. The third kappa shape index (κ3) is 3.07. The second kappa shape index (κ2) is 6.97. The van der Waals surface area contributed by atoms with E-state index in [0.717, 1.165) is 17.0 Å². The smallest absolute Gasteiger partial charge is 0.276 e. The van der Waals surface area contributed by atoms with Gasteiger partial charge < -0.3 is 10.1 Å². The van der Waals surface area contributed by atoms with Crippen molar-refractivity contribution in [2.75, 3.05) is 12.4 Å². The number of aromatic nitrogens is 5. The Morgan fingerprint density at radius 1 is 1.25 bits per heavy atom. The Kier molecular flexibility index (Phi) is 4.48. The van der Waals surface area contributed by atoms with Gasteiger partial charge in [-0.25, -0.2) is 9.50 Å². The average Bonchev–Trinajstić information content (AvgIpc) is 3.26. The van der Waals surface area contributed by atoms with Gasteiger partial charge in [0.05, 0.1) is 24.0 Å². The van der Waals surface area contributed by atoms with Gasteiger partial charge in [0.1, 0.15) is 5.75 Å². The van der Waals surface area contributed by atoms with Crippen LogP contribution in [-0.4, -0.2) is 37.4 Å². The Hall–Kier alpha value is -3.39. The van der Waals surface area contributed by atoms with Crippen molar-refractivity contribution in [3.8, 4) is 17.0 Å². The Bertz CT molecular complexity index is 1200. The summed E-state index contributed by atoms with van der Waals surface area (Å²) in [5, 5.41) is 11.9. The maximum absolute atomic E-state index is 12.7. The van der Waals surface area contributed by atoms with E-state index in [1.54, 1.807) is 45.9 Å². The summed E-state index contributed by atoms with van der Waals surface area (Å²) in [6.07, 6.45) is 3.45. The molecule has 0 aliphatic heterocycles. The van der Waals surface area contributed by atoms with Crippen LogP contribution in [0.2, 0.25) is 5.02 Å². The predicted molar refractivity (Wildman–Crippen MR) is 106 cm³/mol. The van der Waals surface area contributed by atoms with E-state index in [1.807, 2.05) is 20.0 Å². The molecule has 4 rings (SSSR count). The van der Waals surface area contributed by atoms with Crippen molar-refractivity contribution in [3.05, 3.63) is 59.1 Å². The molecule has 0 spiro atoms. The number of benzene rings is 1. The molecule has 142 valence electrons. The number of halogens is 1. The van der Waals surface area contributed by atoms with E-state index in [1.165, 1.54) is 7.11 Å². The summed E-state index contributed by atoms with van der Waals surface area (Å²) >= 11 is 6.11. The number of nitrogens with one attached hydrogen (secondary N) is 1. The first-order chi connectivity index (χ1) is 13.5. The third-order valence-electron chi connectivity index (χ3n) is 4.51. The lowest BCUT2D eigenvalue weighted by atomic mass is 10.2. The largest absolute Gasteiger partial charge is 0.495 e. The van der Waals surface area contributed by atoms with E-state index in [2.05, 4.69) is 20.5 Å². The van der Waals surface area contributed by atoms with E-state index in [-0.39, 0.29) is 11.6 Å².